The summed E-state index contributed by atoms with van der Waals surface area (Å²) in [6.07, 6.45) is 0. The van der Waals surface area contributed by atoms with Crippen molar-refractivity contribution < 1.29 is 0 Å². The van der Waals surface area contributed by atoms with Gasteiger partial charge in [-0.2, -0.15) is 0 Å². The maximum absolute atomic E-state index is 4.54. The number of rotatable bonds is 4. The zero-order chi connectivity index (χ0) is 13.1. The molecule has 96 valence electrons. The molecule has 0 radical (unpaired) electrons. The predicted molar refractivity (Wildman–Crippen MR) is 72.6 cm³/mol. The highest BCUT2D eigenvalue weighted by Crippen LogP contribution is 2.20. The van der Waals surface area contributed by atoms with Gasteiger partial charge in [0.05, 0.1) is 0 Å². The van der Waals surface area contributed by atoms with Crippen LogP contribution in [0.5, 0.6) is 0 Å². The molecule has 0 aliphatic heterocycles. The van der Waals surface area contributed by atoms with E-state index in [0.29, 0.717) is 0 Å². The van der Waals surface area contributed by atoms with Crippen molar-refractivity contribution in [3.05, 3.63) is 23.4 Å². The van der Waals surface area contributed by atoms with Crippen LogP contribution in [0.2, 0.25) is 0 Å². The zero-order valence-electron chi connectivity index (χ0n) is 11.4. The number of hydrogen-bond acceptors (Lipinski definition) is 4. The molecule has 0 aromatic carbocycles. The standard InChI is InChI=1S/C13H19N5/c1-5-14-13-17-16-12(18(13)6-2)11-8-9(3)7-10(4)15-11/h7-8H,5-6H2,1-4H3,(H,14,17). The van der Waals surface area contributed by atoms with E-state index in [4.69, 9.17) is 0 Å². The molecule has 0 aliphatic carbocycles. The Hall–Kier alpha value is -1.91. The van der Waals surface area contributed by atoms with E-state index in [1.165, 1.54) is 5.56 Å². The molecule has 18 heavy (non-hydrogen) atoms. The van der Waals surface area contributed by atoms with Crippen molar-refractivity contribution in [3.8, 4) is 11.5 Å². The number of pyridine rings is 1. The largest absolute Gasteiger partial charge is 0.355 e. The van der Waals surface area contributed by atoms with Gasteiger partial charge in [-0.15, -0.1) is 10.2 Å². The van der Waals surface area contributed by atoms with Crippen LogP contribution in [0.15, 0.2) is 12.1 Å². The second-order valence-electron chi connectivity index (χ2n) is 4.29. The molecular formula is C13H19N5. The lowest BCUT2D eigenvalue weighted by Crippen LogP contribution is -2.07. The maximum Gasteiger partial charge on any atom is 0.224 e. The molecule has 0 bridgehead atoms. The smallest absolute Gasteiger partial charge is 0.224 e. The first-order chi connectivity index (χ1) is 8.65. The Labute approximate surface area is 107 Å². The van der Waals surface area contributed by atoms with Gasteiger partial charge in [0.25, 0.3) is 0 Å². The van der Waals surface area contributed by atoms with Gasteiger partial charge in [-0.25, -0.2) is 4.98 Å². The van der Waals surface area contributed by atoms with E-state index >= 15 is 0 Å². The molecule has 2 heterocycles. The van der Waals surface area contributed by atoms with E-state index in [-0.39, 0.29) is 0 Å². The van der Waals surface area contributed by atoms with Crippen LogP contribution in [-0.2, 0) is 6.54 Å². The second kappa shape index (κ2) is 5.16. The van der Waals surface area contributed by atoms with Crippen molar-refractivity contribution in [2.24, 2.45) is 0 Å². The highest BCUT2D eigenvalue weighted by atomic mass is 15.4. The van der Waals surface area contributed by atoms with Crippen LogP contribution in [0.1, 0.15) is 25.1 Å². The molecule has 0 aliphatic rings. The first kappa shape index (κ1) is 12.5. The van der Waals surface area contributed by atoms with Gasteiger partial charge in [-0.1, -0.05) is 0 Å². The maximum atomic E-state index is 4.54. The summed E-state index contributed by atoms with van der Waals surface area (Å²) in [7, 11) is 0. The predicted octanol–water partition coefficient (Wildman–Crippen LogP) is 2.41. The molecule has 2 aromatic heterocycles. The van der Waals surface area contributed by atoms with Crippen molar-refractivity contribution in [1.29, 1.82) is 0 Å². The third-order valence-electron chi connectivity index (χ3n) is 2.73. The molecule has 0 unspecified atom stereocenters. The van der Waals surface area contributed by atoms with Crippen LogP contribution in [0.4, 0.5) is 5.95 Å². The van der Waals surface area contributed by atoms with Gasteiger partial charge in [-0.3, -0.25) is 4.57 Å². The fourth-order valence-electron chi connectivity index (χ4n) is 2.04. The molecule has 0 fully saturated rings. The first-order valence-corrected chi connectivity index (χ1v) is 6.28. The Morgan fingerprint density at radius 3 is 2.56 bits per heavy atom. The summed E-state index contributed by atoms with van der Waals surface area (Å²) in [6.45, 7) is 9.84. The molecule has 0 saturated carbocycles. The monoisotopic (exact) mass is 245 g/mol. The third-order valence-corrected chi connectivity index (χ3v) is 2.73. The third kappa shape index (κ3) is 2.34. The lowest BCUT2D eigenvalue weighted by molar-refractivity contribution is 0.767. The van der Waals surface area contributed by atoms with E-state index in [1.807, 2.05) is 24.5 Å². The minimum absolute atomic E-state index is 0.802. The van der Waals surface area contributed by atoms with Gasteiger partial charge < -0.3 is 5.32 Å². The molecule has 2 aromatic rings. The van der Waals surface area contributed by atoms with Gasteiger partial charge in [-0.05, 0) is 45.4 Å². The molecule has 0 atom stereocenters. The van der Waals surface area contributed by atoms with E-state index < -0.39 is 0 Å². The van der Waals surface area contributed by atoms with Crippen molar-refractivity contribution in [2.45, 2.75) is 34.2 Å². The number of nitrogens with zero attached hydrogens (tertiary/aromatic N) is 4. The topological polar surface area (TPSA) is 55.6 Å². The number of anilines is 1. The summed E-state index contributed by atoms with van der Waals surface area (Å²) >= 11 is 0. The van der Waals surface area contributed by atoms with Gasteiger partial charge in [0.1, 0.15) is 5.69 Å². The molecule has 0 saturated heterocycles. The van der Waals surface area contributed by atoms with Crippen molar-refractivity contribution >= 4 is 5.95 Å². The summed E-state index contributed by atoms with van der Waals surface area (Å²) in [5, 5.41) is 11.6. The average molecular weight is 245 g/mol. The average Bonchev–Trinajstić information content (AvgIpc) is 2.71. The van der Waals surface area contributed by atoms with Crippen LogP contribution in [0, 0.1) is 13.8 Å². The Morgan fingerprint density at radius 1 is 1.17 bits per heavy atom. The van der Waals surface area contributed by atoms with Gasteiger partial charge in [0.15, 0.2) is 5.82 Å². The second-order valence-corrected chi connectivity index (χ2v) is 4.29. The van der Waals surface area contributed by atoms with Gasteiger partial charge in [0.2, 0.25) is 5.95 Å². The summed E-state index contributed by atoms with van der Waals surface area (Å²) in [5.74, 6) is 1.62. The quantitative estimate of drug-likeness (QED) is 0.898. The Morgan fingerprint density at radius 2 is 1.94 bits per heavy atom. The van der Waals surface area contributed by atoms with Crippen LogP contribution in [0.25, 0.3) is 11.5 Å². The molecule has 5 nitrogen and oxygen atoms in total. The molecular weight excluding hydrogens is 226 g/mol. The van der Waals surface area contributed by atoms with Crippen LogP contribution in [-0.4, -0.2) is 26.3 Å². The lowest BCUT2D eigenvalue weighted by atomic mass is 10.2. The minimum Gasteiger partial charge on any atom is -0.355 e. The number of aromatic nitrogens is 4. The van der Waals surface area contributed by atoms with E-state index in [1.54, 1.807) is 0 Å². The molecule has 1 N–H and O–H groups in total. The Balaban J connectivity index is 2.49. The number of nitrogens with one attached hydrogen (secondary N) is 1. The summed E-state index contributed by atoms with van der Waals surface area (Å²) < 4.78 is 2.05. The Kier molecular flexibility index (Phi) is 3.60. The van der Waals surface area contributed by atoms with E-state index in [9.17, 15) is 0 Å². The molecule has 0 amide bonds. The highest BCUT2D eigenvalue weighted by Gasteiger charge is 2.13. The minimum atomic E-state index is 0.802. The fraction of sp³-hybridized carbons (Fsp3) is 0.462. The summed E-state index contributed by atoms with van der Waals surface area (Å²) in [6, 6.07) is 4.10. The van der Waals surface area contributed by atoms with E-state index in [0.717, 1.165) is 36.3 Å². The Bertz CT molecular complexity index is 524. The normalized spacial score (nSPS) is 10.7. The SMILES string of the molecule is CCNc1nnc(-c2cc(C)cc(C)n2)n1CC. The van der Waals surface area contributed by atoms with Crippen molar-refractivity contribution in [2.75, 3.05) is 11.9 Å². The molecule has 0 spiro atoms. The first-order valence-electron chi connectivity index (χ1n) is 6.28. The van der Waals surface area contributed by atoms with Crippen LogP contribution >= 0.6 is 0 Å². The van der Waals surface area contributed by atoms with Crippen molar-refractivity contribution in [3.63, 3.8) is 0 Å². The molecule has 2 rings (SSSR count). The van der Waals surface area contributed by atoms with Crippen LogP contribution < -0.4 is 5.32 Å². The van der Waals surface area contributed by atoms with Crippen LogP contribution in [0.3, 0.4) is 0 Å². The molecule has 5 heteroatoms. The van der Waals surface area contributed by atoms with Gasteiger partial charge >= 0.3 is 0 Å². The summed E-state index contributed by atoms with van der Waals surface area (Å²) in [4.78, 5) is 4.54. The van der Waals surface area contributed by atoms with Gasteiger partial charge in [0, 0.05) is 18.8 Å². The van der Waals surface area contributed by atoms with E-state index in [2.05, 4.69) is 40.4 Å². The number of hydrogen-bond donors (Lipinski definition) is 1. The lowest BCUT2D eigenvalue weighted by Gasteiger charge is -2.08. The highest BCUT2D eigenvalue weighted by molar-refractivity contribution is 5.54. The fourth-order valence-corrected chi connectivity index (χ4v) is 2.04. The zero-order valence-corrected chi connectivity index (χ0v) is 11.4. The summed E-state index contributed by atoms with van der Waals surface area (Å²) in [5.41, 5.74) is 3.07. The number of aryl methyl sites for hydroxylation is 2. The van der Waals surface area contributed by atoms with Crippen molar-refractivity contribution in [1.82, 2.24) is 19.7 Å².